The first-order chi connectivity index (χ1) is 10.4. The van der Waals surface area contributed by atoms with Crippen LogP contribution in [0.2, 0.25) is 0 Å². The lowest BCUT2D eigenvalue weighted by Crippen LogP contribution is -2.19. The van der Waals surface area contributed by atoms with Crippen LogP contribution in [-0.4, -0.2) is 13.2 Å². The largest absolute Gasteiger partial charge is 0.493 e. The van der Waals surface area contributed by atoms with E-state index in [2.05, 4.69) is 0 Å². The van der Waals surface area contributed by atoms with Crippen molar-refractivity contribution in [1.82, 2.24) is 0 Å². The van der Waals surface area contributed by atoms with E-state index in [9.17, 15) is 13.2 Å². The number of hydrogen-bond donors (Lipinski definition) is 1. The Labute approximate surface area is 127 Å². The van der Waals surface area contributed by atoms with Crippen LogP contribution in [0.25, 0.3) is 0 Å². The summed E-state index contributed by atoms with van der Waals surface area (Å²) in [5.74, 6) is 0.135. The second-order valence-corrected chi connectivity index (χ2v) is 5.18. The molecule has 2 aromatic rings. The third kappa shape index (κ3) is 4.24. The molecule has 0 aromatic heterocycles. The Balaban J connectivity index is 2.06. The second-order valence-electron chi connectivity index (χ2n) is 5.18. The van der Waals surface area contributed by atoms with E-state index in [0.717, 1.165) is 23.3 Å². The molecule has 0 spiro atoms. The summed E-state index contributed by atoms with van der Waals surface area (Å²) in [6.07, 6.45) is -4.37. The molecular weight excluding hydrogens is 291 g/mol. The highest BCUT2D eigenvalue weighted by Gasteiger charge is 2.30. The Morgan fingerprint density at radius 3 is 2.36 bits per heavy atom. The second kappa shape index (κ2) is 6.83. The van der Waals surface area contributed by atoms with Crippen molar-refractivity contribution >= 4 is 0 Å². The first-order valence-corrected chi connectivity index (χ1v) is 6.97. The van der Waals surface area contributed by atoms with E-state index in [4.69, 9.17) is 10.5 Å². The van der Waals surface area contributed by atoms with Gasteiger partial charge >= 0.3 is 6.18 Å². The minimum Gasteiger partial charge on any atom is -0.493 e. The Morgan fingerprint density at radius 2 is 1.77 bits per heavy atom. The Hall–Kier alpha value is -2.01. The van der Waals surface area contributed by atoms with E-state index in [1.54, 1.807) is 0 Å². The molecule has 0 amide bonds. The maximum Gasteiger partial charge on any atom is 0.416 e. The molecule has 0 aliphatic carbocycles. The maximum atomic E-state index is 12.7. The first-order valence-electron chi connectivity index (χ1n) is 6.97. The van der Waals surface area contributed by atoms with Gasteiger partial charge in [0.15, 0.2) is 0 Å². The van der Waals surface area contributed by atoms with Gasteiger partial charge in [-0.3, -0.25) is 0 Å². The van der Waals surface area contributed by atoms with Gasteiger partial charge < -0.3 is 10.5 Å². The topological polar surface area (TPSA) is 35.2 Å². The first kappa shape index (κ1) is 16.4. The number of halogens is 3. The van der Waals surface area contributed by atoms with Crippen LogP contribution in [0, 0.1) is 6.92 Å². The molecule has 0 bridgehead atoms. The molecule has 2 N–H and O–H groups in total. The van der Waals surface area contributed by atoms with Crippen molar-refractivity contribution in [2.24, 2.45) is 5.73 Å². The maximum absolute atomic E-state index is 12.7. The van der Waals surface area contributed by atoms with Gasteiger partial charge in [0.2, 0.25) is 0 Å². The summed E-state index contributed by atoms with van der Waals surface area (Å²) in [5.41, 5.74) is 7.18. The molecule has 1 unspecified atom stereocenters. The smallest absolute Gasteiger partial charge is 0.416 e. The average Bonchev–Trinajstić information content (AvgIpc) is 2.49. The zero-order valence-corrected chi connectivity index (χ0v) is 12.2. The van der Waals surface area contributed by atoms with Gasteiger partial charge in [0, 0.05) is 12.5 Å². The average molecular weight is 309 g/mol. The van der Waals surface area contributed by atoms with Crippen LogP contribution >= 0.6 is 0 Å². The fourth-order valence-electron chi connectivity index (χ4n) is 2.10. The number of ether oxygens (including phenoxy) is 1. The molecule has 2 nitrogen and oxygen atoms in total. The van der Waals surface area contributed by atoms with E-state index in [-0.39, 0.29) is 18.3 Å². The number of hydrogen-bond acceptors (Lipinski definition) is 2. The van der Waals surface area contributed by atoms with Gasteiger partial charge in [-0.15, -0.1) is 0 Å². The van der Waals surface area contributed by atoms with Crippen LogP contribution < -0.4 is 10.5 Å². The normalized spacial score (nSPS) is 13.0. The molecular formula is C17H18F3NO. The zero-order chi connectivity index (χ0) is 16.2. The Kier molecular flexibility index (Phi) is 5.08. The molecule has 0 heterocycles. The minimum atomic E-state index is -4.37. The van der Waals surface area contributed by atoms with Crippen LogP contribution in [-0.2, 0) is 6.18 Å². The summed E-state index contributed by atoms with van der Waals surface area (Å²) in [7, 11) is 0. The Bertz CT molecular complexity index is 608. The fraction of sp³-hybridized carbons (Fsp3) is 0.294. The molecule has 0 fully saturated rings. The number of benzene rings is 2. The van der Waals surface area contributed by atoms with Gasteiger partial charge in [0.05, 0.1) is 12.2 Å². The molecule has 22 heavy (non-hydrogen) atoms. The van der Waals surface area contributed by atoms with E-state index >= 15 is 0 Å². The Morgan fingerprint density at radius 1 is 1.09 bits per heavy atom. The van der Waals surface area contributed by atoms with Crippen LogP contribution in [0.5, 0.6) is 5.75 Å². The molecule has 0 aliphatic rings. The van der Waals surface area contributed by atoms with Crippen molar-refractivity contribution in [2.75, 3.05) is 13.2 Å². The van der Waals surface area contributed by atoms with Gasteiger partial charge in [-0.05, 0) is 30.7 Å². The van der Waals surface area contributed by atoms with E-state index < -0.39 is 11.7 Å². The van der Waals surface area contributed by atoms with Gasteiger partial charge in [-0.25, -0.2) is 0 Å². The molecule has 0 saturated carbocycles. The highest BCUT2D eigenvalue weighted by atomic mass is 19.4. The van der Waals surface area contributed by atoms with Crippen molar-refractivity contribution in [2.45, 2.75) is 19.0 Å². The number of nitrogens with two attached hydrogens (primary N) is 1. The SMILES string of the molecule is Cc1ccc(C(CN)COc2cccc(C(F)(F)F)c2)cc1. The van der Waals surface area contributed by atoms with Gasteiger partial charge in [-0.1, -0.05) is 35.9 Å². The molecule has 1 atom stereocenters. The standard InChI is InChI=1S/C17H18F3NO/c1-12-5-7-13(8-6-12)14(10-21)11-22-16-4-2-3-15(9-16)17(18,19)20/h2-9,14H,10-11,21H2,1H3. The van der Waals surface area contributed by atoms with Crippen LogP contribution in [0.15, 0.2) is 48.5 Å². The van der Waals surface area contributed by atoms with Crippen molar-refractivity contribution in [1.29, 1.82) is 0 Å². The van der Waals surface area contributed by atoms with Crippen LogP contribution in [0.1, 0.15) is 22.6 Å². The van der Waals surface area contributed by atoms with Gasteiger partial charge in [0.1, 0.15) is 5.75 Å². The van der Waals surface area contributed by atoms with Gasteiger partial charge in [0.25, 0.3) is 0 Å². The fourth-order valence-corrected chi connectivity index (χ4v) is 2.10. The van der Waals surface area contributed by atoms with E-state index in [1.165, 1.54) is 12.1 Å². The lowest BCUT2D eigenvalue weighted by Gasteiger charge is -2.17. The third-order valence-electron chi connectivity index (χ3n) is 3.45. The van der Waals surface area contributed by atoms with E-state index in [0.29, 0.717) is 6.54 Å². The molecule has 2 aromatic carbocycles. The van der Waals surface area contributed by atoms with Crippen molar-refractivity contribution in [3.05, 3.63) is 65.2 Å². The van der Waals surface area contributed by atoms with Crippen molar-refractivity contribution in [3.63, 3.8) is 0 Å². The number of rotatable bonds is 5. The third-order valence-corrected chi connectivity index (χ3v) is 3.45. The molecule has 2 rings (SSSR count). The lowest BCUT2D eigenvalue weighted by atomic mass is 9.99. The highest BCUT2D eigenvalue weighted by molar-refractivity contribution is 5.31. The summed E-state index contributed by atoms with van der Waals surface area (Å²) >= 11 is 0. The zero-order valence-electron chi connectivity index (χ0n) is 12.2. The summed E-state index contributed by atoms with van der Waals surface area (Å²) in [5, 5.41) is 0. The van der Waals surface area contributed by atoms with Crippen molar-refractivity contribution < 1.29 is 17.9 Å². The van der Waals surface area contributed by atoms with Crippen molar-refractivity contribution in [3.8, 4) is 5.75 Å². The monoisotopic (exact) mass is 309 g/mol. The minimum absolute atomic E-state index is 0.0601. The summed E-state index contributed by atoms with van der Waals surface area (Å²) in [6.45, 7) is 2.59. The predicted octanol–water partition coefficient (Wildman–Crippen LogP) is 4.14. The molecule has 0 radical (unpaired) electrons. The predicted molar refractivity (Wildman–Crippen MR) is 79.9 cm³/mol. The molecule has 0 saturated heterocycles. The summed E-state index contributed by atoms with van der Waals surface area (Å²) < 4.78 is 43.5. The highest BCUT2D eigenvalue weighted by Crippen LogP contribution is 2.31. The lowest BCUT2D eigenvalue weighted by molar-refractivity contribution is -0.137. The number of aryl methyl sites for hydroxylation is 1. The summed E-state index contributed by atoms with van der Waals surface area (Å²) in [4.78, 5) is 0. The quantitative estimate of drug-likeness (QED) is 0.901. The number of alkyl halides is 3. The van der Waals surface area contributed by atoms with Crippen LogP contribution in [0.3, 0.4) is 0 Å². The summed E-state index contributed by atoms with van der Waals surface area (Å²) in [6, 6.07) is 12.7. The van der Waals surface area contributed by atoms with E-state index in [1.807, 2.05) is 31.2 Å². The van der Waals surface area contributed by atoms with Gasteiger partial charge in [-0.2, -0.15) is 13.2 Å². The molecule has 118 valence electrons. The molecule has 0 aliphatic heterocycles. The molecule has 5 heteroatoms. The van der Waals surface area contributed by atoms with Crippen LogP contribution in [0.4, 0.5) is 13.2 Å².